The van der Waals surface area contributed by atoms with Gasteiger partial charge in [0.25, 0.3) is 0 Å². The molecule has 2 N–H and O–H groups in total. The second-order valence-electron chi connectivity index (χ2n) is 6.52. The molecule has 3 nitrogen and oxygen atoms in total. The highest BCUT2D eigenvalue weighted by Crippen LogP contribution is 2.44. The first-order valence-corrected chi connectivity index (χ1v) is 7.77. The minimum Gasteiger partial charge on any atom is -0.330 e. The molecule has 0 saturated heterocycles. The first-order chi connectivity index (χ1) is 9.65. The van der Waals surface area contributed by atoms with Crippen LogP contribution in [0.4, 0.5) is 5.69 Å². The Hall–Kier alpha value is -1.35. The van der Waals surface area contributed by atoms with Crippen LogP contribution in [0.1, 0.15) is 50.5 Å². The molecule has 1 atom stereocenters. The summed E-state index contributed by atoms with van der Waals surface area (Å²) in [5.41, 5.74) is 8.00. The van der Waals surface area contributed by atoms with Crippen molar-refractivity contribution in [2.24, 2.45) is 11.1 Å². The number of benzene rings is 1. The van der Waals surface area contributed by atoms with E-state index < -0.39 is 0 Å². The molecule has 20 heavy (non-hydrogen) atoms. The van der Waals surface area contributed by atoms with Gasteiger partial charge in [0.15, 0.2) is 0 Å². The van der Waals surface area contributed by atoms with Crippen molar-refractivity contribution in [1.29, 1.82) is 0 Å². The molecule has 1 unspecified atom stereocenters. The predicted octanol–water partition coefficient (Wildman–Crippen LogP) is 3.05. The maximum Gasteiger partial charge on any atom is 0.232 e. The van der Waals surface area contributed by atoms with Gasteiger partial charge in [-0.05, 0) is 37.4 Å². The maximum absolute atomic E-state index is 13.0. The fourth-order valence-electron chi connectivity index (χ4n) is 3.83. The quantitative estimate of drug-likeness (QED) is 0.919. The number of fused-ring (bicyclic) bond motifs is 1. The van der Waals surface area contributed by atoms with E-state index in [9.17, 15) is 4.79 Å². The highest BCUT2D eigenvalue weighted by Gasteiger charge is 2.42. The first kappa shape index (κ1) is 13.6. The summed E-state index contributed by atoms with van der Waals surface area (Å²) in [4.78, 5) is 15.0. The van der Waals surface area contributed by atoms with Gasteiger partial charge < -0.3 is 10.6 Å². The van der Waals surface area contributed by atoms with Gasteiger partial charge in [-0.25, -0.2) is 0 Å². The number of rotatable bonds is 3. The van der Waals surface area contributed by atoms with Gasteiger partial charge in [-0.1, -0.05) is 38.0 Å². The highest BCUT2D eigenvalue weighted by molar-refractivity contribution is 5.99. The average Bonchev–Trinajstić information content (AvgIpc) is 3.05. The topological polar surface area (TPSA) is 46.3 Å². The molecule has 3 heteroatoms. The van der Waals surface area contributed by atoms with Crippen LogP contribution < -0.4 is 10.6 Å². The van der Waals surface area contributed by atoms with Gasteiger partial charge in [0.05, 0.1) is 0 Å². The van der Waals surface area contributed by atoms with Crippen LogP contribution in [0.5, 0.6) is 0 Å². The number of para-hydroxylation sites is 1. The molecule has 108 valence electrons. The SMILES string of the molecule is CC1(C(=O)N2CC(CCN)c3ccccc32)CCCC1. The van der Waals surface area contributed by atoms with Gasteiger partial charge in [0, 0.05) is 23.6 Å². The van der Waals surface area contributed by atoms with Crippen LogP contribution in [0.3, 0.4) is 0 Å². The number of nitrogens with two attached hydrogens (primary N) is 1. The zero-order valence-corrected chi connectivity index (χ0v) is 12.3. The van der Waals surface area contributed by atoms with Crippen molar-refractivity contribution >= 4 is 11.6 Å². The summed E-state index contributed by atoms with van der Waals surface area (Å²) in [6.45, 7) is 3.63. The lowest BCUT2D eigenvalue weighted by molar-refractivity contribution is -0.127. The van der Waals surface area contributed by atoms with E-state index in [1.807, 2.05) is 11.0 Å². The minimum atomic E-state index is -0.148. The molecule has 0 bridgehead atoms. The van der Waals surface area contributed by atoms with E-state index in [1.165, 1.54) is 18.4 Å². The van der Waals surface area contributed by atoms with Gasteiger partial charge in [-0.2, -0.15) is 0 Å². The summed E-state index contributed by atoms with van der Waals surface area (Å²) in [7, 11) is 0. The number of hydrogen-bond acceptors (Lipinski definition) is 2. The zero-order chi connectivity index (χ0) is 14.2. The summed E-state index contributed by atoms with van der Waals surface area (Å²) in [5, 5.41) is 0. The van der Waals surface area contributed by atoms with Crippen LogP contribution >= 0.6 is 0 Å². The standard InChI is InChI=1S/C17H24N2O/c1-17(9-4-5-10-17)16(20)19-12-13(8-11-18)14-6-2-3-7-15(14)19/h2-3,6-7,13H,4-5,8-12,18H2,1H3. The summed E-state index contributed by atoms with van der Waals surface area (Å²) < 4.78 is 0. The molecule has 1 heterocycles. The van der Waals surface area contributed by atoms with Crippen molar-refractivity contribution in [3.05, 3.63) is 29.8 Å². The van der Waals surface area contributed by atoms with E-state index in [0.717, 1.165) is 31.5 Å². The Morgan fingerprint density at radius 2 is 2.05 bits per heavy atom. The Kier molecular flexibility index (Phi) is 3.55. The number of hydrogen-bond donors (Lipinski definition) is 1. The summed E-state index contributed by atoms with van der Waals surface area (Å²) >= 11 is 0. The molecule has 3 rings (SSSR count). The molecular formula is C17H24N2O. The molecule has 1 aliphatic heterocycles. The molecule has 1 aromatic rings. The number of carbonyl (C=O) groups is 1. The van der Waals surface area contributed by atoms with Crippen molar-refractivity contribution in [1.82, 2.24) is 0 Å². The fourth-order valence-corrected chi connectivity index (χ4v) is 3.83. The smallest absolute Gasteiger partial charge is 0.232 e. The van der Waals surface area contributed by atoms with Gasteiger partial charge in [0.2, 0.25) is 5.91 Å². The molecule has 1 fully saturated rings. The summed E-state index contributed by atoms with van der Waals surface area (Å²) in [5.74, 6) is 0.729. The van der Waals surface area contributed by atoms with Crippen LogP contribution in [0.25, 0.3) is 0 Å². The largest absolute Gasteiger partial charge is 0.330 e. The average molecular weight is 272 g/mol. The second kappa shape index (κ2) is 5.21. The fraction of sp³-hybridized carbons (Fsp3) is 0.588. The second-order valence-corrected chi connectivity index (χ2v) is 6.52. The van der Waals surface area contributed by atoms with Gasteiger partial charge >= 0.3 is 0 Å². The Morgan fingerprint density at radius 3 is 2.75 bits per heavy atom. The molecule has 1 saturated carbocycles. The van der Waals surface area contributed by atoms with E-state index in [4.69, 9.17) is 5.73 Å². The van der Waals surface area contributed by atoms with E-state index in [2.05, 4.69) is 25.1 Å². The van der Waals surface area contributed by atoms with Crippen molar-refractivity contribution < 1.29 is 4.79 Å². The van der Waals surface area contributed by atoms with Crippen LogP contribution in [0, 0.1) is 5.41 Å². The number of nitrogens with zero attached hydrogens (tertiary/aromatic N) is 1. The third kappa shape index (κ3) is 2.14. The lowest BCUT2D eigenvalue weighted by Gasteiger charge is -2.29. The highest BCUT2D eigenvalue weighted by atomic mass is 16.2. The number of carbonyl (C=O) groups excluding carboxylic acids is 1. The Labute approximate surface area is 121 Å². The maximum atomic E-state index is 13.0. The summed E-state index contributed by atoms with van der Waals surface area (Å²) in [6.07, 6.45) is 5.39. The van der Waals surface area contributed by atoms with E-state index >= 15 is 0 Å². The monoisotopic (exact) mass is 272 g/mol. The first-order valence-electron chi connectivity index (χ1n) is 7.77. The minimum absolute atomic E-state index is 0.148. The summed E-state index contributed by atoms with van der Waals surface area (Å²) in [6, 6.07) is 8.33. The van der Waals surface area contributed by atoms with Crippen molar-refractivity contribution in [2.45, 2.75) is 44.9 Å². The van der Waals surface area contributed by atoms with Gasteiger partial charge in [-0.3, -0.25) is 4.79 Å². The van der Waals surface area contributed by atoms with Crippen LogP contribution in [-0.2, 0) is 4.79 Å². The van der Waals surface area contributed by atoms with Crippen molar-refractivity contribution in [3.8, 4) is 0 Å². The number of anilines is 1. The molecule has 0 spiro atoms. The Bertz CT molecular complexity index is 505. The van der Waals surface area contributed by atoms with E-state index in [-0.39, 0.29) is 5.41 Å². The lowest BCUT2D eigenvalue weighted by Crippen LogP contribution is -2.40. The van der Waals surface area contributed by atoms with Crippen LogP contribution in [-0.4, -0.2) is 19.0 Å². The van der Waals surface area contributed by atoms with Crippen molar-refractivity contribution in [3.63, 3.8) is 0 Å². The molecule has 1 amide bonds. The molecule has 1 aromatic carbocycles. The van der Waals surface area contributed by atoms with Crippen LogP contribution in [0.2, 0.25) is 0 Å². The normalized spacial score (nSPS) is 23.9. The predicted molar refractivity (Wildman–Crippen MR) is 81.8 cm³/mol. The van der Waals surface area contributed by atoms with Crippen LogP contribution in [0.15, 0.2) is 24.3 Å². The lowest BCUT2D eigenvalue weighted by atomic mass is 9.87. The van der Waals surface area contributed by atoms with E-state index in [0.29, 0.717) is 18.4 Å². The molecular weight excluding hydrogens is 248 g/mol. The molecule has 0 aromatic heterocycles. The van der Waals surface area contributed by atoms with E-state index in [1.54, 1.807) is 0 Å². The Morgan fingerprint density at radius 1 is 1.35 bits per heavy atom. The number of amides is 1. The third-order valence-corrected chi connectivity index (χ3v) is 5.05. The van der Waals surface area contributed by atoms with Gasteiger partial charge in [0.1, 0.15) is 0 Å². The Balaban J connectivity index is 1.90. The zero-order valence-electron chi connectivity index (χ0n) is 12.3. The third-order valence-electron chi connectivity index (χ3n) is 5.05. The molecule has 2 aliphatic rings. The van der Waals surface area contributed by atoms with Crippen molar-refractivity contribution in [2.75, 3.05) is 18.0 Å². The molecule has 0 radical (unpaired) electrons. The molecule has 1 aliphatic carbocycles. The van der Waals surface area contributed by atoms with Gasteiger partial charge in [-0.15, -0.1) is 0 Å².